The van der Waals surface area contributed by atoms with Gasteiger partial charge < -0.3 is 9.30 Å². The van der Waals surface area contributed by atoms with Crippen molar-refractivity contribution in [2.45, 2.75) is 18.2 Å². The van der Waals surface area contributed by atoms with Crippen LogP contribution in [0.3, 0.4) is 0 Å². The lowest BCUT2D eigenvalue weighted by molar-refractivity contribution is 0.426. The maximum Gasteiger partial charge on any atom is 0.191 e. The van der Waals surface area contributed by atoms with Crippen molar-refractivity contribution in [3.05, 3.63) is 5.82 Å². The highest BCUT2D eigenvalue weighted by molar-refractivity contribution is 7.99. The molecule has 0 aromatic carbocycles. The summed E-state index contributed by atoms with van der Waals surface area (Å²) in [6, 6.07) is 0. The van der Waals surface area contributed by atoms with Crippen molar-refractivity contribution < 1.29 is 4.74 Å². The Morgan fingerprint density at radius 2 is 2.42 bits per heavy atom. The molecule has 1 fully saturated rings. The van der Waals surface area contributed by atoms with Crippen LogP contribution in [-0.4, -0.2) is 33.2 Å². The normalized spacial score (nSPS) is 21.3. The van der Waals surface area contributed by atoms with Gasteiger partial charge in [0.2, 0.25) is 0 Å². The number of thioether (sulfide) groups is 1. The van der Waals surface area contributed by atoms with E-state index in [1.807, 2.05) is 18.5 Å². The van der Waals surface area contributed by atoms with Crippen LogP contribution < -0.4 is 0 Å². The van der Waals surface area contributed by atoms with Crippen molar-refractivity contribution in [1.82, 2.24) is 14.8 Å². The number of hydrogen-bond donors (Lipinski definition) is 0. The minimum absolute atomic E-state index is 0.451. The molecular formula is C7H11N3OS. The van der Waals surface area contributed by atoms with Crippen LogP contribution in [-0.2, 0) is 11.8 Å². The van der Waals surface area contributed by atoms with E-state index in [-0.39, 0.29) is 0 Å². The summed E-state index contributed by atoms with van der Waals surface area (Å²) < 4.78 is 7.09. The second-order valence-electron chi connectivity index (χ2n) is 2.86. The predicted molar refractivity (Wildman–Crippen MR) is 46.2 cm³/mol. The molecule has 0 radical (unpaired) electrons. The molecule has 2 rings (SSSR count). The summed E-state index contributed by atoms with van der Waals surface area (Å²) in [5, 5.41) is 8.98. The average molecular weight is 185 g/mol. The first-order chi connectivity index (χ1) is 5.77. The zero-order valence-corrected chi connectivity index (χ0v) is 7.97. The Kier molecular flexibility index (Phi) is 2.06. The van der Waals surface area contributed by atoms with Crippen molar-refractivity contribution in [3.63, 3.8) is 0 Å². The van der Waals surface area contributed by atoms with Crippen LogP contribution in [0.15, 0.2) is 5.16 Å². The van der Waals surface area contributed by atoms with Gasteiger partial charge in [-0.05, 0) is 6.92 Å². The molecular weight excluding hydrogens is 174 g/mol. The smallest absolute Gasteiger partial charge is 0.191 e. The molecule has 2 heterocycles. The molecule has 1 aliphatic rings. The van der Waals surface area contributed by atoms with Gasteiger partial charge in [0.25, 0.3) is 0 Å². The van der Waals surface area contributed by atoms with E-state index in [0.717, 1.165) is 23.3 Å². The lowest BCUT2D eigenvalue weighted by Gasteiger charge is -1.98. The van der Waals surface area contributed by atoms with Crippen molar-refractivity contribution in [3.8, 4) is 0 Å². The molecule has 0 spiro atoms. The summed E-state index contributed by atoms with van der Waals surface area (Å²) in [4.78, 5) is 0. The van der Waals surface area contributed by atoms with Crippen LogP contribution >= 0.6 is 11.8 Å². The van der Waals surface area contributed by atoms with Crippen LogP contribution in [0.5, 0.6) is 0 Å². The minimum Gasteiger partial charge on any atom is -0.372 e. The molecule has 4 nitrogen and oxygen atoms in total. The van der Waals surface area contributed by atoms with Gasteiger partial charge in [-0.2, -0.15) is 0 Å². The SMILES string of the molecule is Cc1nnc(SC[C@@H]2CO2)n1C. The van der Waals surface area contributed by atoms with Crippen LogP contribution in [0.1, 0.15) is 5.82 Å². The topological polar surface area (TPSA) is 43.2 Å². The molecule has 0 N–H and O–H groups in total. The standard InChI is InChI=1S/C7H11N3OS/c1-5-8-9-7(10(5)2)12-4-6-3-11-6/h6H,3-4H2,1-2H3/t6-/m0/s1. The highest BCUT2D eigenvalue weighted by Gasteiger charge is 2.23. The van der Waals surface area contributed by atoms with E-state index in [1.54, 1.807) is 11.8 Å². The number of epoxide rings is 1. The first-order valence-corrected chi connectivity index (χ1v) is 4.86. The number of aromatic nitrogens is 3. The zero-order valence-electron chi connectivity index (χ0n) is 7.15. The van der Waals surface area contributed by atoms with Crippen molar-refractivity contribution in [1.29, 1.82) is 0 Å². The van der Waals surface area contributed by atoms with Gasteiger partial charge >= 0.3 is 0 Å². The van der Waals surface area contributed by atoms with Gasteiger partial charge in [0.05, 0.1) is 12.7 Å². The average Bonchev–Trinajstić information content (AvgIpc) is 2.82. The molecule has 0 bridgehead atoms. The third kappa shape index (κ3) is 1.61. The number of rotatable bonds is 3. The lowest BCUT2D eigenvalue weighted by atomic mass is 10.6. The number of nitrogens with zero attached hydrogens (tertiary/aromatic N) is 3. The quantitative estimate of drug-likeness (QED) is 0.511. The summed E-state index contributed by atoms with van der Waals surface area (Å²) >= 11 is 1.70. The van der Waals surface area contributed by atoms with Crippen LogP contribution in [0.4, 0.5) is 0 Å². The van der Waals surface area contributed by atoms with Gasteiger partial charge in [0.1, 0.15) is 5.82 Å². The highest BCUT2D eigenvalue weighted by atomic mass is 32.2. The largest absolute Gasteiger partial charge is 0.372 e. The lowest BCUT2D eigenvalue weighted by Crippen LogP contribution is -1.96. The Hall–Kier alpha value is -0.550. The fourth-order valence-electron chi connectivity index (χ4n) is 0.845. The molecule has 1 atom stereocenters. The third-order valence-corrected chi connectivity index (χ3v) is 3.01. The molecule has 66 valence electrons. The van der Waals surface area contributed by atoms with E-state index in [2.05, 4.69) is 10.2 Å². The van der Waals surface area contributed by atoms with Crippen molar-refractivity contribution >= 4 is 11.8 Å². The van der Waals surface area contributed by atoms with Gasteiger partial charge in [0, 0.05) is 12.8 Å². The molecule has 0 aliphatic carbocycles. The molecule has 5 heteroatoms. The maximum atomic E-state index is 5.10. The third-order valence-electron chi connectivity index (χ3n) is 1.85. The van der Waals surface area contributed by atoms with Gasteiger partial charge in [0.15, 0.2) is 5.16 Å². The van der Waals surface area contributed by atoms with Gasteiger partial charge in [-0.3, -0.25) is 0 Å². The Labute approximate surface area is 75.3 Å². The monoisotopic (exact) mass is 185 g/mol. The van der Waals surface area contributed by atoms with E-state index in [1.165, 1.54) is 0 Å². The summed E-state index contributed by atoms with van der Waals surface area (Å²) in [5.41, 5.74) is 0. The van der Waals surface area contributed by atoms with Crippen LogP contribution in [0.25, 0.3) is 0 Å². The van der Waals surface area contributed by atoms with Crippen LogP contribution in [0.2, 0.25) is 0 Å². The second-order valence-corrected chi connectivity index (χ2v) is 3.84. The second kappa shape index (κ2) is 3.06. The fraction of sp³-hybridized carbons (Fsp3) is 0.714. The molecule has 0 saturated carbocycles. The minimum atomic E-state index is 0.451. The molecule has 12 heavy (non-hydrogen) atoms. The van der Waals surface area contributed by atoms with Crippen molar-refractivity contribution in [2.24, 2.45) is 7.05 Å². The fourth-order valence-corrected chi connectivity index (χ4v) is 1.80. The Morgan fingerprint density at radius 3 is 2.92 bits per heavy atom. The molecule has 0 amide bonds. The van der Waals surface area contributed by atoms with E-state index in [9.17, 15) is 0 Å². The summed E-state index contributed by atoms with van der Waals surface area (Å²) in [7, 11) is 1.98. The Bertz CT molecular complexity index is 282. The van der Waals surface area contributed by atoms with Crippen molar-refractivity contribution in [2.75, 3.05) is 12.4 Å². The zero-order chi connectivity index (χ0) is 8.55. The Balaban J connectivity index is 1.96. The van der Waals surface area contributed by atoms with Gasteiger partial charge in [-0.1, -0.05) is 11.8 Å². The molecule has 1 aromatic heterocycles. The number of hydrogen-bond acceptors (Lipinski definition) is 4. The molecule has 0 unspecified atom stereocenters. The number of ether oxygens (including phenoxy) is 1. The maximum absolute atomic E-state index is 5.10. The van der Waals surface area contributed by atoms with Gasteiger partial charge in [-0.15, -0.1) is 10.2 Å². The first kappa shape index (κ1) is 8.07. The van der Waals surface area contributed by atoms with E-state index < -0.39 is 0 Å². The molecule has 1 aromatic rings. The van der Waals surface area contributed by atoms with E-state index >= 15 is 0 Å². The van der Waals surface area contributed by atoms with E-state index in [4.69, 9.17) is 4.74 Å². The van der Waals surface area contributed by atoms with Gasteiger partial charge in [-0.25, -0.2) is 0 Å². The van der Waals surface area contributed by atoms with Crippen LogP contribution in [0, 0.1) is 6.92 Å². The Morgan fingerprint density at radius 1 is 1.67 bits per heavy atom. The molecule has 1 aliphatic heterocycles. The summed E-state index contributed by atoms with van der Waals surface area (Å²) in [5.74, 6) is 1.95. The molecule has 1 saturated heterocycles. The first-order valence-electron chi connectivity index (χ1n) is 3.88. The highest BCUT2D eigenvalue weighted by Crippen LogP contribution is 2.21. The number of aryl methyl sites for hydroxylation is 1. The van der Waals surface area contributed by atoms with E-state index in [0.29, 0.717) is 6.10 Å². The summed E-state index contributed by atoms with van der Waals surface area (Å²) in [6.07, 6.45) is 0.451. The summed E-state index contributed by atoms with van der Waals surface area (Å²) in [6.45, 7) is 2.86. The predicted octanol–water partition coefficient (Wildman–Crippen LogP) is 0.614.